The Kier molecular flexibility index (Phi) is 4.64. The van der Waals surface area contributed by atoms with E-state index in [4.69, 9.17) is 9.52 Å². The molecule has 1 amide bonds. The van der Waals surface area contributed by atoms with E-state index in [1.807, 2.05) is 24.3 Å². The van der Waals surface area contributed by atoms with Crippen LogP contribution in [-0.4, -0.2) is 45.6 Å². The Morgan fingerprint density at radius 2 is 2.25 bits per heavy atom. The van der Waals surface area contributed by atoms with Gasteiger partial charge in [-0.25, -0.2) is 4.98 Å². The number of hydrogen-bond donors (Lipinski definition) is 3. The first-order valence-corrected chi connectivity index (χ1v) is 7.07. The molecule has 0 aliphatic heterocycles. The summed E-state index contributed by atoms with van der Waals surface area (Å²) in [6.45, 7) is 1.03. The third kappa shape index (κ3) is 3.96. The molecule has 0 fully saturated rings. The number of carbonyl (C=O) groups excluding carboxylic acids is 1. The molecule has 3 N–H and O–H groups in total. The SMILES string of the molecule is CC(O)(CO)CNC(=O)CSc1nc2ccccc2o1. The van der Waals surface area contributed by atoms with Crippen LogP contribution in [0, 0.1) is 0 Å². The Labute approximate surface area is 120 Å². The van der Waals surface area contributed by atoms with Gasteiger partial charge in [-0.2, -0.15) is 0 Å². The zero-order valence-corrected chi connectivity index (χ0v) is 11.8. The maximum Gasteiger partial charge on any atom is 0.257 e. The lowest BCUT2D eigenvalue weighted by Gasteiger charge is -2.20. The Morgan fingerprint density at radius 1 is 1.50 bits per heavy atom. The molecule has 0 radical (unpaired) electrons. The highest BCUT2D eigenvalue weighted by Crippen LogP contribution is 2.22. The van der Waals surface area contributed by atoms with Crippen molar-refractivity contribution in [2.24, 2.45) is 0 Å². The van der Waals surface area contributed by atoms with Crippen molar-refractivity contribution in [3.8, 4) is 0 Å². The molecule has 108 valence electrons. The van der Waals surface area contributed by atoms with Gasteiger partial charge in [0.15, 0.2) is 5.58 Å². The van der Waals surface area contributed by atoms with Crippen molar-refractivity contribution in [3.05, 3.63) is 24.3 Å². The Balaban J connectivity index is 1.84. The smallest absolute Gasteiger partial charge is 0.257 e. The number of rotatable bonds is 6. The fraction of sp³-hybridized carbons (Fsp3) is 0.385. The van der Waals surface area contributed by atoms with E-state index in [0.717, 1.165) is 5.52 Å². The Morgan fingerprint density at radius 3 is 2.95 bits per heavy atom. The molecule has 1 atom stereocenters. The van der Waals surface area contributed by atoms with Gasteiger partial charge in [0.1, 0.15) is 11.1 Å². The number of aromatic nitrogens is 1. The van der Waals surface area contributed by atoms with Crippen LogP contribution in [0.5, 0.6) is 0 Å². The molecule has 1 aromatic heterocycles. The van der Waals surface area contributed by atoms with Gasteiger partial charge < -0.3 is 19.9 Å². The van der Waals surface area contributed by atoms with Gasteiger partial charge in [-0.15, -0.1) is 0 Å². The molecule has 0 aliphatic rings. The molecule has 1 heterocycles. The number of benzene rings is 1. The van der Waals surface area contributed by atoms with Crippen LogP contribution in [0.4, 0.5) is 0 Å². The van der Waals surface area contributed by atoms with Gasteiger partial charge in [-0.1, -0.05) is 23.9 Å². The third-order valence-electron chi connectivity index (χ3n) is 2.61. The fourth-order valence-electron chi connectivity index (χ4n) is 1.44. The highest BCUT2D eigenvalue weighted by Gasteiger charge is 2.20. The van der Waals surface area contributed by atoms with E-state index < -0.39 is 12.2 Å². The summed E-state index contributed by atoms with van der Waals surface area (Å²) < 4.78 is 5.47. The molecular formula is C13H16N2O4S. The first kappa shape index (κ1) is 14.8. The standard InChI is InChI=1S/C13H16N2O4S/c1-13(18,8-16)7-14-11(17)6-20-12-15-9-4-2-3-5-10(9)19-12/h2-5,16,18H,6-8H2,1H3,(H,14,17). The predicted molar refractivity (Wildman–Crippen MR) is 75.5 cm³/mol. The van der Waals surface area contributed by atoms with Crippen LogP contribution >= 0.6 is 11.8 Å². The van der Waals surface area contributed by atoms with Crippen molar-refractivity contribution < 1.29 is 19.4 Å². The highest BCUT2D eigenvalue weighted by molar-refractivity contribution is 7.99. The second-order valence-electron chi connectivity index (χ2n) is 4.67. The summed E-state index contributed by atoms with van der Waals surface area (Å²) in [5, 5.41) is 21.4. The molecule has 1 unspecified atom stereocenters. The molecule has 1 aromatic carbocycles. The number of amides is 1. The van der Waals surface area contributed by atoms with E-state index in [2.05, 4.69) is 10.3 Å². The molecule has 0 aliphatic carbocycles. The van der Waals surface area contributed by atoms with Gasteiger partial charge in [0, 0.05) is 6.54 Å². The fourth-order valence-corrected chi connectivity index (χ4v) is 2.10. The average molecular weight is 296 g/mol. The molecule has 0 saturated carbocycles. The van der Waals surface area contributed by atoms with Gasteiger partial charge in [-0.05, 0) is 19.1 Å². The van der Waals surface area contributed by atoms with E-state index in [9.17, 15) is 9.90 Å². The normalized spacial score (nSPS) is 14.2. The number of thioether (sulfide) groups is 1. The Hall–Kier alpha value is -1.57. The minimum atomic E-state index is -1.31. The summed E-state index contributed by atoms with van der Waals surface area (Å²) in [6.07, 6.45) is 0. The van der Waals surface area contributed by atoms with Gasteiger partial charge >= 0.3 is 0 Å². The molecule has 0 spiro atoms. The predicted octanol–water partition coefficient (Wildman–Crippen LogP) is 0.779. The molecule has 7 heteroatoms. The molecule has 2 aromatic rings. The van der Waals surface area contributed by atoms with E-state index in [1.54, 1.807) is 0 Å². The van der Waals surface area contributed by atoms with Crippen molar-refractivity contribution in [2.45, 2.75) is 17.7 Å². The van der Waals surface area contributed by atoms with Crippen molar-refractivity contribution in [1.29, 1.82) is 0 Å². The lowest BCUT2D eigenvalue weighted by atomic mass is 10.1. The molecule has 6 nitrogen and oxygen atoms in total. The maximum atomic E-state index is 11.6. The van der Waals surface area contributed by atoms with Crippen LogP contribution in [0.25, 0.3) is 11.1 Å². The molecule has 20 heavy (non-hydrogen) atoms. The summed E-state index contributed by atoms with van der Waals surface area (Å²) in [5.41, 5.74) is 0.120. The molecular weight excluding hydrogens is 280 g/mol. The van der Waals surface area contributed by atoms with Crippen molar-refractivity contribution in [2.75, 3.05) is 18.9 Å². The number of fused-ring (bicyclic) bond motifs is 1. The number of oxazole rings is 1. The third-order valence-corrected chi connectivity index (χ3v) is 3.44. The maximum absolute atomic E-state index is 11.6. The van der Waals surface area contributed by atoms with E-state index in [1.165, 1.54) is 18.7 Å². The van der Waals surface area contributed by atoms with Gasteiger partial charge in [0.25, 0.3) is 5.22 Å². The number of nitrogens with zero attached hydrogens (tertiary/aromatic N) is 1. The lowest BCUT2D eigenvalue weighted by Crippen LogP contribution is -2.43. The quantitative estimate of drug-likeness (QED) is 0.682. The van der Waals surface area contributed by atoms with E-state index in [-0.39, 0.29) is 18.2 Å². The topological polar surface area (TPSA) is 95.6 Å². The summed E-state index contributed by atoms with van der Waals surface area (Å²) in [6, 6.07) is 7.36. The highest BCUT2D eigenvalue weighted by atomic mass is 32.2. The molecule has 2 rings (SSSR count). The van der Waals surface area contributed by atoms with Crippen molar-refractivity contribution >= 4 is 28.8 Å². The number of para-hydroxylation sites is 2. The summed E-state index contributed by atoms with van der Waals surface area (Å²) in [5.74, 6) is -0.125. The van der Waals surface area contributed by atoms with Gasteiger partial charge in [0.2, 0.25) is 5.91 Å². The second-order valence-corrected chi connectivity index (χ2v) is 5.59. The second kappa shape index (κ2) is 6.25. The minimum Gasteiger partial charge on any atom is -0.431 e. The first-order valence-electron chi connectivity index (χ1n) is 6.08. The van der Waals surface area contributed by atoms with E-state index >= 15 is 0 Å². The van der Waals surface area contributed by atoms with Crippen LogP contribution in [-0.2, 0) is 4.79 Å². The van der Waals surface area contributed by atoms with Crippen LogP contribution in [0.2, 0.25) is 0 Å². The average Bonchev–Trinajstić information content (AvgIpc) is 2.86. The number of carbonyl (C=O) groups is 1. The van der Waals surface area contributed by atoms with Crippen molar-refractivity contribution in [1.82, 2.24) is 10.3 Å². The van der Waals surface area contributed by atoms with E-state index in [0.29, 0.717) is 10.8 Å². The van der Waals surface area contributed by atoms with Crippen LogP contribution in [0.1, 0.15) is 6.92 Å². The zero-order valence-electron chi connectivity index (χ0n) is 11.0. The van der Waals surface area contributed by atoms with Crippen LogP contribution in [0.3, 0.4) is 0 Å². The first-order chi connectivity index (χ1) is 9.50. The summed E-state index contributed by atoms with van der Waals surface area (Å²) >= 11 is 1.18. The van der Waals surface area contributed by atoms with Gasteiger partial charge in [0.05, 0.1) is 12.4 Å². The summed E-state index contributed by atoms with van der Waals surface area (Å²) in [4.78, 5) is 15.8. The number of hydrogen-bond acceptors (Lipinski definition) is 6. The summed E-state index contributed by atoms with van der Waals surface area (Å²) in [7, 11) is 0. The number of aliphatic hydroxyl groups is 2. The lowest BCUT2D eigenvalue weighted by molar-refractivity contribution is -0.120. The van der Waals surface area contributed by atoms with Crippen molar-refractivity contribution in [3.63, 3.8) is 0 Å². The van der Waals surface area contributed by atoms with Gasteiger partial charge in [-0.3, -0.25) is 4.79 Å². The largest absolute Gasteiger partial charge is 0.431 e. The minimum absolute atomic E-state index is 0.00352. The Bertz CT molecular complexity index is 564. The molecule has 0 saturated heterocycles. The monoisotopic (exact) mass is 296 g/mol. The number of nitrogens with one attached hydrogen (secondary N) is 1. The van der Waals surface area contributed by atoms with Crippen LogP contribution in [0.15, 0.2) is 33.9 Å². The number of aliphatic hydroxyl groups excluding tert-OH is 1. The zero-order chi connectivity index (χ0) is 14.6. The molecule has 0 bridgehead atoms. The van der Waals surface area contributed by atoms with Crippen LogP contribution < -0.4 is 5.32 Å².